The maximum atomic E-state index is 13.9. The van der Waals surface area contributed by atoms with Crippen LogP contribution in [0, 0.1) is 5.82 Å². The fraction of sp³-hybridized carbons (Fsp3) is 0.200. The Bertz CT molecular complexity index is 596. The summed E-state index contributed by atoms with van der Waals surface area (Å²) < 4.78 is 15.6. The van der Waals surface area contributed by atoms with E-state index in [1.165, 1.54) is 6.07 Å². The minimum Gasteiger partial charge on any atom is -0.321 e. The second kappa shape index (κ2) is 5.73. The fourth-order valence-electron chi connectivity index (χ4n) is 2.01. The van der Waals surface area contributed by atoms with Gasteiger partial charge < -0.3 is 5.73 Å². The summed E-state index contributed by atoms with van der Waals surface area (Å²) in [6.45, 7) is 1.91. The van der Waals surface area contributed by atoms with Gasteiger partial charge in [-0.15, -0.1) is 0 Å². The number of hydrogen-bond donors (Lipinski definition) is 1. The molecule has 0 amide bonds. The lowest BCUT2D eigenvalue weighted by atomic mass is 9.86. The fourth-order valence-corrected chi connectivity index (χ4v) is 2.74. The molecule has 0 saturated heterocycles. The molecule has 1 atom stereocenters. The van der Waals surface area contributed by atoms with Gasteiger partial charge in [-0.1, -0.05) is 50.1 Å². The van der Waals surface area contributed by atoms with E-state index in [-0.39, 0.29) is 5.82 Å². The summed E-state index contributed by atoms with van der Waals surface area (Å²) in [7, 11) is 0. The average molecular weight is 387 g/mol. The van der Waals surface area contributed by atoms with Crippen LogP contribution in [0.2, 0.25) is 0 Å². The van der Waals surface area contributed by atoms with Crippen LogP contribution in [-0.2, 0) is 12.0 Å². The van der Waals surface area contributed by atoms with Gasteiger partial charge in [-0.05, 0) is 48.7 Å². The first kappa shape index (κ1) is 14.7. The molecule has 4 heteroatoms. The first-order valence-corrected chi connectivity index (χ1v) is 7.46. The largest absolute Gasteiger partial charge is 0.321 e. The Morgan fingerprint density at radius 1 is 1.11 bits per heavy atom. The van der Waals surface area contributed by atoms with Crippen molar-refractivity contribution in [1.29, 1.82) is 0 Å². The molecule has 2 aromatic rings. The molecule has 2 rings (SSSR count). The van der Waals surface area contributed by atoms with Crippen LogP contribution in [0.4, 0.5) is 4.39 Å². The molecule has 1 nitrogen and oxygen atoms in total. The summed E-state index contributed by atoms with van der Waals surface area (Å²) in [4.78, 5) is 0. The topological polar surface area (TPSA) is 26.0 Å². The van der Waals surface area contributed by atoms with Crippen LogP contribution >= 0.6 is 31.9 Å². The smallest absolute Gasteiger partial charge is 0.127 e. The van der Waals surface area contributed by atoms with Crippen molar-refractivity contribution < 1.29 is 4.39 Å². The Morgan fingerprint density at radius 3 is 2.42 bits per heavy atom. The van der Waals surface area contributed by atoms with Gasteiger partial charge in [0.05, 0.1) is 0 Å². The van der Waals surface area contributed by atoms with Gasteiger partial charge in [-0.25, -0.2) is 4.39 Å². The molecule has 0 aliphatic heterocycles. The highest BCUT2D eigenvalue weighted by Gasteiger charge is 2.23. The van der Waals surface area contributed by atoms with Gasteiger partial charge in [0.25, 0.3) is 0 Å². The van der Waals surface area contributed by atoms with E-state index in [0.29, 0.717) is 12.0 Å². The molecule has 0 aliphatic carbocycles. The Morgan fingerprint density at radius 2 is 1.79 bits per heavy atom. The van der Waals surface area contributed by atoms with Crippen LogP contribution in [0.5, 0.6) is 0 Å². The predicted molar refractivity (Wildman–Crippen MR) is 83.5 cm³/mol. The third-order valence-corrected chi connectivity index (χ3v) is 4.04. The molecular weight excluding hydrogens is 373 g/mol. The molecule has 2 N–H and O–H groups in total. The summed E-state index contributed by atoms with van der Waals surface area (Å²) in [5.41, 5.74) is 7.33. The van der Waals surface area contributed by atoms with Crippen molar-refractivity contribution in [2.45, 2.75) is 18.9 Å². The highest BCUT2D eigenvalue weighted by molar-refractivity contribution is 9.10. The predicted octanol–water partition coefficient (Wildman–Crippen LogP) is 4.77. The van der Waals surface area contributed by atoms with Gasteiger partial charge >= 0.3 is 0 Å². The first-order valence-electron chi connectivity index (χ1n) is 5.87. The molecule has 0 bridgehead atoms. The lowest BCUT2D eigenvalue weighted by Crippen LogP contribution is -2.35. The zero-order chi connectivity index (χ0) is 14.0. The Hall–Kier alpha value is -0.710. The van der Waals surface area contributed by atoms with Crippen LogP contribution in [0.15, 0.2) is 51.4 Å². The Balaban J connectivity index is 2.30. The maximum absolute atomic E-state index is 13.9. The second-order valence-electron chi connectivity index (χ2n) is 4.84. The molecule has 0 radical (unpaired) electrons. The van der Waals surface area contributed by atoms with Gasteiger partial charge in [0.1, 0.15) is 5.82 Å². The summed E-state index contributed by atoms with van der Waals surface area (Å²) in [6, 6.07) is 12.9. The van der Waals surface area contributed by atoms with Crippen molar-refractivity contribution in [3.63, 3.8) is 0 Å². The van der Waals surface area contributed by atoms with Crippen molar-refractivity contribution >= 4 is 31.9 Å². The lowest BCUT2D eigenvalue weighted by molar-refractivity contribution is 0.475. The van der Waals surface area contributed by atoms with E-state index >= 15 is 0 Å². The quantitative estimate of drug-likeness (QED) is 0.807. The minimum atomic E-state index is -0.613. The van der Waals surface area contributed by atoms with Crippen LogP contribution in [-0.4, -0.2) is 0 Å². The van der Waals surface area contributed by atoms with Gasteiger partial charge in [-0.3, -0.25) is 0 Å². The van der Waals surface area contributed by atoms with E-state index < -0.39 is 5.54 Å². The Labute approximate surface area is 129 Å². The summed E-state index contributed by atoms with van der Waals surface area (Å²) in [5.74, 6) is -0.235. The van der Waals surface area contributed by atoms with Crippen molar-refractivity contribution in [2.24, 2.45) is 5.73 Å². The molecule has 0 heterocycles. The normalized spacial score (nSPS) is 14.2. The van der Waals surface area contributed by atoms with Gasteiger partial charge in [0.2, 0.25) is 0 Å². The van der Waals surface area contributed by atoms with Gasteiger partial charge in [0.15, 0.2) is 0 Å². The van der Waals surface area contributed by atoms with E-state index in [9.17, 15) is 4.39 Å². The Kier molecular flexibility index (Phi) is 4.43. The van der Waals surface area contributed by atoms with Crippen molar-refractivity contribution in [2.75, 3.05) is 0 Å². The third-order valence-electron chi connectivity index (χ3n) is 3.06. The maximum Gasteiger partial charge on any atom is 0.127 e. The van der Waals surface area contributed by atoms with Crippen molar-refractivity contribution in [3.8, 4) is 0 Å². The van der Waals surface area contributed by atoms with E-state index in [1.54, 1.807) is 6.07 Å². The number of benzene rings is 2. The van der Waals surface area contributed by atoms with Gasteiger partial charge in [0, 0.05) is 14.5 Å². The molecule has 1 unspecified atom stereocenters. The number of nitrogens with two attached hydrogens (primary N) is 1. The molecule has 0 aromatic heterocycles. The van der Waals surface area contributed by atoms with E-state index in [1.807, 2.05) is 37.3 Å². The van der Waals surface area contributed by atoms with Crippen molar-refractivity contribution in [1.82, 2.24) is 0 Å². The van der Waals surface area contributed by atoms with Crippen LogP contribution in [0.1, 0.15) is 18.1 Å². The molecule has 0 spiro atoms. The standard InChI is InChI=1S/C15H14Br2FN/c1-15(19,11-3-2-4-12(16)7-11)9-10-5-6-13(17)8-14(10)18/h2-8H,9,19H2,1H3. The van der Waals surface area contributed by atoms with E-state index in [0.717, 1.165) is 14.5 Å². The first-order chi connectivity index (χ1) is 8.88. The molecular formula is C15H14Br2FN. The van der Waals surface area contributed by atoms with Crippen molar-refractivity contribution in [3.05, 3.63) is 68.4 Å². The minimum absolute atomic E-state index is 0.235. The average Bonchev–Trinajstić information content (AvgIpc) is 2.33. The molecule has 2 aromatic carbocycles. The summed E-state index contributed by atoms with van der Waals surface area (Å²) >= 11 is 6.68. The summed E-state index contributed by atoms with van der Waals surface area (Å²) in [6.07, 6.45) is 0.447. The third kappa shape index (κ3) is 3.65. The van der Waals surface area contributed by atoms with E-state index in [4.69, 9.17) is 5.73 Å². The van der Waals surface area contributed by atoms with Crippen LogP contribution < -0.4 is 5.73 Å². The number of hydrogen-bond acceptors (Lipinski definition) is 1. The SMILES string of the molecule is CC(N)(Cc1ccc(Br)cc1F)c1cccc(Br)c1. The second-order valence-corrected chi connectivity index (χ2v) is 6.67. The zero-order valence-electron chi connectivity index (χ0n) is 10.5. The van der Waals surface area contributed by atoms with Crippen LogP contribution in [0.25, 0.3) is 0 Å². The molecule has 100 valence electrons. The van der Waals surface area contributed by atoms with Gasteiger partial charge in [-0.2, -0.15) is 0 Å². The molecule has 19 heavy (non-hydrogen) atoms. The van der Waals surface area contributed by atoms with Crippen LogP contribution in [0.3, 0.4) is 0 Å². The zero-order valence-corrected chi connectivity index (χ0v) is 13.6. The molecule has 0 saturated carbocycles. The van der Waals surface area contributed by atoms with E-state index in [2.05, 4.69) is 31.9 Å². The molecule has 0 aliphatic rings. The molecule has 0 fully saturated rings. The monoisotopic (exact) mass is 385 g/mol. The number of halogens is 3. The highest BCUT2D eigenvalue weighted by Crippen LogP contribution is 2.27. The highest BCUT2D eigenvalue weighted by atomic mass is 79.9. The number of rotatable bonds is 3. The lowest BCUT2D eigenvalue weighted by Gasteiger charge is -2.26. The summed E-state index contributed by atoms with van der Waals surface area (Å²) in [5, 5.41) is 0.